The molecule has 0 bridgehead atoms. The monoisotopic (exact) mass is 409 g/mol. The van der Waals surface area contributed by atoms with Crippen molar-refractivity contribution >= 4 is 38.4 Å². The van der Waals surface area contributed by atoms with Crippen molar-refractivity contribution in [2.24, 2.45) is 4.99 Å². The number of rotatable bonds is 1. The van der Waals surface area contributed by atoms with Gasteiger partial charge in [-0.2, -0.15) is 15.0 Å². The maximum Gasteiger partial charge on any atom is 0.410 e. The maximum absolute atomic E-state index is 14.1. The number of aromatic nitrogens is 1. The molecule has 0 radical (unpaired) electrons. The Bertz CT molecular complexity index is 698. The van der Waals surface area contributed by atoms with Crippen molar-refractivity contribution < 1.29 is 23.4 Å². The Kier molecular flexibility index (Phi) is 4.48. The van der Waals surface area contributed by atoms with E-state index in [1.54, 1.807) is 0 Å². The highest BCUT2D eigenvalue weighted by molar-refractivity contribution is 9.10. The van der Waals surface area contributed by atoms with Crippen molar-refractivity contribution in [3.05, 3.63) is 28.2 Å². The second kappa shape index (κ2) is 5.69. The lowest BCUT2D eigenvalue weighted by Crippen LogP contribution is -2.55. The maximum atomic E-state index is 14.1. The summed E-state index contributed by atoms with van der Waals surface area (Å²) in [4.78, 5) is 18.9. The Hall–Kier alpha value is -1.23. The molecule has 0 aromatic carbocycles. The van der Waals surface area contributed by atoms with Gasteiger partial charge in [0.1, 0.15) is 16.1 Å². The van der Waals surface area contributed by atoms with Gasteiger partial charge in [0.15, 0.2) is 0 Å². The highest BCUT2D eigenvalue weighted by atomic mass is 79.9. The highest BCUT2D eigenvalue weighted by Crippen LogP contribution is 2.59. The minimum atomic E-state index is -3.31. The Morgan fingerprint density at radius 1 is 1.43 bits per heavy atom. The van der Waals surface area contributed by atoms with Gasteiger partial charge < -0.3 is 5.11 Å². The molecule has 23 heavy (non-hydrogen) atoms. The molecule has 7 nitrogen and oxygen atoms in total. The van der Waals surface area contributed by atoms with E-state index in [9.17, 15) is 18.3 Å². The molecule has 1 atom stereocenters. The fourth-order valence-corrected chi connectivity index (χ4v) is 4.46. The smallest absolute Gasteiger partial charge is 0.410 e. The lowest BCUT2D eigenvalue weighted by atomic mass is 9.95. The number of amidine groups is 1. The SMILES string of the molecule is CC1(c2cc(Br)cnc2F)CS(O)(O)C(C)(C)C(NC(=O)O)=N1. The molecule has 0 fully saturated rings. The zero-order valence-electron chi connectivity index (χ0n) is 12.7. The molecule has 1 aliphatic heterocycles. The van der Waals surface area contributed by atoms with Crippen LogP contribution in [0, 0.1) is 5.95 Å². The topological polar surface area (TPSA) is 115 Å². The van der Waals surface area contributed by atoms with E-state index < -0.39 is 32.9 Å². The number of pyridine rings is 1. The summed E-state index contributed by atoms with van der Waals surface area (Å²) >= 11 is 3.19. The minimum absolute atomic E-state index is 0.0482. The van der Waals surface area contributed by atoms with E-state index in [4.69, 9.17) is 5.11 Å². The lowest BCUT2D eigenvalue weighted by molar-refractivity contribution is 0.199. The Balaban J connectivity index is 2.66. The number of halogens is 2. The molecule has 0 spiro atoms. The normalized spacial score (nSPS) is 27.0. The Morgan fingerprint density at radius 2 is 2.04 bits per heavy atom. The fraction of sp³-hybridized carbons (Fsp3) is 0.462. The van der Waals surface area contributed by atoms with Crippen LogP contribution in [-0.2, 0) is 5.54 Å². The number of hydrogen-bond acceptors (Lipinski definition) is 5. The first-order valence-electron chi connectivity index (χ1n) is 6.56. The summed E-state index contributed by atoms with van der Waals surface area (Å²) in [6.45, 7) is 4.46. The summed E-state index contributed by atoms with van der Waals surface area (Å²) in [5, 5.41) is 11.1. The summed E-state index contributed by atoms with van der Waals surface area (Å²) in [5.41, 5.74) is -1.32. The largest absolute Gasteiger partial charge is 0.465 e. The first-order valence-corrected chi connectivity index (χ1v) is 9.07. The van der Waals surface area contributed by atoms with Crippen LogP contribution in [0.4, 0.5) is 9.18 Å². The third-order valence-corrected chi connectivity index (χ3v) is 7.07. The molecule has 0 saturated heterocycles. The van der Waals surface area contributed by atoms with Gasteiger partial charge in [0.05, 0.1) is 5.75 Å². The second-order valence-corrected chi connectivity index (χ2v) is 9.54. The molecule has 128 valence electrons. The molecule has 1 unspecified atom stereocenters. The van der Waals surface area contributed by atoms with Gasteiger partial charge in [-0.25, -0.2) is 9.78 Å². The van der Waals surface area contributed by atoms with Gasteiger partial charge in [-0.05, 0) is 42.8 Å². The molecule has 0 aliphatic carbocycles. The van der Waals surface area contributed by atoms with Crippen LogP contribution in [0.2, 0.25) is 0 Å². The van der Waals surface area contributed by atoms with Crippen LogP contribution in [0.15, 0.2) is 21.7 Å². The summed E-state index contributed by atoms with van der Waals surface area (Å²) in [7, 11) is -3.31. The number of amides is 1. The van der Waals surface area contributed by atoms with Crippen molar-refractivity contribution in [3.8, 4) is 0 Å². The highest BCUT2D eigenvalue weighted by Gasteiger charge is 2.50. The Labute approximate surface area is 142 Å². The standard InChI is InChI=1S/C13H17BrFN3O4S/c1-12(2)10(17-11(19)20)18-13(3,6-23(12,21)22)8-4-7(14)5-16-9(8)15/h4-5,21-22H,6H2,1-3H3,(H,17,18)(H,19,20). The van der Waals surface area contributed by atoms with Gasteiger partial charge in [0, 0.05) is 16.2 Å². The average molecular weight is 410 g/mol. The molecule has 1 amide bonds. The predicted molar refractivity (Wildman–Crippen MR) is 89.6 cm³/mol. The summed E-state index contributed by atoms with van der Waals surface area (Å²) in [6.07, 6.45) is -0.114. The van der Waals surface area contributed by atoms with E-state index in [1.807, 2.05) is 0 Å². The Morgan fingerprint density at radius 3 is 2.61 bits per heavy atom. The van der Waals surface area contributed by atoms with Crippen LogP contribution in [0.1, 0.15) is 26.3 Å². The fourth-order valence-electron chi connectivity index (χ4n) is 2.36. The third kappa shape index (κ3) is 3.21. The van der Waals surface area contributed by atoms with Gasteiger partial charge in [0.25, 0.3) is 0 Å². The van der Waals surface area contributed by atoms with Gasteiger partial charge in [-0.1, -0.05) is 0 Å². The molecule has 1 aromatic rings. The van der Waals surface area contributed by atoms with Crippen LogP contribution in [-0.4, -0.2) is 41.6 Å². The first-order chi connectivity index (χ1) is 10.4. The van der Waals surface area contributed by atoms with Crippen molar-refractivity contribution in [1.29, 1.82) is 0 Å². The number of carbonyl (C=O) groups is 1. The van der Waals surface area contributed by atoms with Crippen molar-refractivity contribution in [2.75, 3.05) is 5.75 Å². The van der Waals surface area contributed by atoms with Gasteiger partial charge in [-0.3, -0.25) is 19.4 Å². The number of nitrogens with zero attached hydrogens (tertiary/aromatic N) is 2. The zero-order chi connectivity index (χ0) is 17.6. The third-order valence-electron chi connectivity index (χ3n) is 3.84. The van der Waals surface area contributed by atoms with Crippen LogP contribution < -0.4 is 5.32 Å². The van der Waals surface area contributed by atoms with E-state index in [2.05, 4.69) is 31.2 Å². The number of nitrogens with one attached hydrogen (secondary N) is 1. The van der Waals surface area contributed by atoms with E-state index >= 15 is 0 Å². The first kappa shape index (κ1) is 18.1. The van der Waals surface area contributed by atoms with Crippen LogP contribution in [0.5, 0.6) is 0 Å². The van der Waals surface area contributed by atoms with Crippen LogP contribution in [0.25, 0.3) is 0 Å². The summed E-state index contributed by atoms with van der Waals surface area (Å²) in [6, 6.07) is 1.44. The van der Waals surface area contributed by atoms with Crippen LogP contribution in [0.3, 0.4) is 0 Å². The van der Waals surface area contributed by atoms with E-state index in [1.165, 1.54) is 33.0 Å². The van der Waals surface area contributed by atoms with Crippen LogP contribution >= 0.6 is 26.5 Å². The summed E-state index contributed by atoms with van der Waals surface area (Å²) in [5.74, 6) is -1.17. The molecular weight excluding hydrogens is 393 g/mol. The molecular formula is C13H17BrFN3O4S. The molecule has 0 saturated carbocycles. The van der Waals surface area contributed by atoms with Gasteiger partial charge in [0.2, 0.25) is 5.95 Å². The molecule has 2 rings (SSSR count). The summed E-state index contributed by atoms with van der Waals surface area (Å²) < 4.78 is 34.4. The second-order valence-electron chi connectivity index (χ2n) is 5.98. The molecule has 1 aromatic heterocycles. The number of carboxylic acid groups (broad SMARTS) is 1. The predicted octanol–water partition coefficient (Wildman–Crippen LogP) is 3.41. The molecule has 10 heteroatoms. The minimum Gasteiger partial charge on any atom is -0.465 e. The lowest BCUT2D eigenvalue weighted by Gasteiger charge is -2.53. The molecule has 2 heterocycles. The van der Waals surface area contributed by atoms with Crippen molar-refractivity contribution in [2.45, 2.75) is 31.1 Å². The molecule has 4 N–H and O–H groups in total. The van der Waals surface area contributed by atoms with Gasteiger partial charge >= 0.3 is 6.09 Å². The van der Waals surface area contributed by atoms with Gasteiger partial charge in [-0.15, -0.1) is 0 Å². The number of aliphatic imine (C=N–C) groups is 1. The van der Waals surface area contributed by atoms with E-state index in [-0.39, 0.29) is 17.2 Å². The van der Waals surface area contributed by atoms with E-state index in [0.29, 0.717) is 4.47 Å². The zero-order valence-corrected chi connectivity index (χ0v) is 15.1. The van der Waals surface area contributed by atoms with E-state index in [0.717, 1.165) is 0 Å². The van der Waals surface area contributed by atoms with Crippen molar-refractivity contribution in [1.82, 2.24) is 10.3 Å². The quantitative estimate of drug-likeness (QED) is 0.530. The number of hydrogen-bond donors (Lipinski definition) is 4. The van der Waals surface area contributed by atoms with Crippen molar-refractivity contribution in [3.63, 3.8) is 0 Å². The average Bonchev–Trinajstić information content (AvgIpc) is 2.38. The molecule has 1 aliphatic rings.